The number of para-hydroxylation sites is 2. The lowest BCUT2D eigenvalue weighted by Crippen LogP contribution is -2.48. The number of rotatable bonds is 3. The molecular formula is C23H28N2O. The molecule has 2 fully saturated rings. The molecule has 0 N–H and O–H groups in total. The van der Waals surface area contributed by atoms with Gasteiger partial charge >= 0.3 is 0 Å². The van der Waals surface area contributed by atoms with Crippen LogP contribution in [-0.2, 0) is 6.54 Å². The van der Waals surface area contributed by atoms with Crippen molar-refractivity contribution in [2.75, 3.05) is 24.5 Å². The molecule has 1 saturated heterocycles. The Morgan fingerprint density at radius 1 is 0.846 bits per heavy atom. The first-order chi connectivity index (χ1) is 12.8. The van der Waals surface area contributed by atoms with E-state index in [0.29, 0.717) is 0 Å². The third-order valence-corrected chi connectivity index (χ3v) is 6.31. The van der Waals surface area contributed by atoms with Gasteiger partial charge in [0.1, 0.15) is 11.4 Å². The number of hydrogen-bond donors (Lipinski definition) is 0. The second-order valence-electron chi connectivity index (χ2n) is 8.19. The molecule has 5 rings (SSSR count). The lowest BCUT2D eigenvalue weighted by atomic mass is 9.87. The van der Waals surface area contributed by atoms with Crippen LogP contribution in [0.4, 0.5) is 5.69 Å². The van der Waals surface area contributed by atoms with Gasteiger partial charge in [0.15, 0.2) is 0 Å². The van der Waals surface area contributed by atoms with Gasteiger partial charge in [-0.15, -0.1) is 0 Å². The van der Waals surface area contributed by atoms with E-state index in [1.54, 1.807) is 0 Å². The van der Waals surface area contributed by atoms with Crippen molar-refractivity contribution in [2.24, 2.45) is 0 Å². The fraction of sp³-hybridized carbons (Fsp3) is 0.478. The Labute approximate surface area is 156 Å². The van der Waals surface area contributed by atoms with E-state index < -0.39 is 0 Å². The topological polar surface area (TPSA) is 15.7 Å². The Balaban J connectivity index is 1.30. The van der Waals surface area contributed by atoms with E-state index in [9.17, 15) is 0 Å². The summed E-state index contributed by atoms with van der Waals surface area (Å²) in [5.74, 6) is 1.11. The first kappa shape index (κ1) is 16.2. The third kappa shape index (κ3) is 3.21. The van der Waals surface area contributed by atoms with Gasteiger partial charge in [-0.05, 0) is 43.4 Å². The van der Waals surface area contributed by atoms with E-state index in [-0.39, 0.29) is 5.60 Å². The van der Waals surface area contributed by atoms with Crippen LogP contribution in [0.3, 0.4) is 0 Å². The predicted molar refractivity (Wildman–Crippen MR) is 106 cm³/mol. The minimum Gasteiger partial charge on any atom is -0.485 e. The molecular weight excluding hydrogens is 320 g/mol. The standard InChI is InChI=1S/C23H28N2O/c1-2-6-19(7-3-1)18-24-15-12-23(13-16-24)14-17-25(20-10-11-20)21-8-4-5-9-22(21)26-23/h1-9,20H,10-18H2. The summed E-state index contributed by atoms with van der Waals surface area (Å²) in [5.41, 5.74) is 2.75. The Morgan fingerprint density at radius 2 is 1.54 bits per heavy atom. The highest BCUT2D eigenvalue weighted by Crippen LogP contribution is 2.44. The van der Waals surface area contributed by atoms with Crippen molar-refractivity contribution >= 4 is 5.69 Å². The molecule has 0 radical (unpaired) electrons. The van der Waals surface area contributed by atoms with Gasteiger partial charge in [-0.1, -0.05) is 42.5 Å². The second-order valence-corrected chi connectivity index (χ2v) is 8.19. The minimum atomic E-state index is 0.0208. The van der Waals surface area contributed by atoms with Crippen molar-refractivity contribution in [1.29, 1.82) is 0 Å². The largest absolute Gasteiger partial charge is 0.485 e. The Morgan fingerprint density at radius 3 is 2.31 bits per heavy atom. The summed E-state index contributed by atoms with van der Waals surface area (Å²) in [4.78, 5) is 5.19. The van der Waals surface area contributed by atoms with Gasteiger partial charge in [-0.25, -0.2) is 0 Å². The average molecular weight is 348 g/mol. The lowest BCUT2D eigenvalue weighted by Gasteiger charge is -2.41. The molecule has 0 bridgehead atoms. The van der Waals surface area contributed by atoms with Crippen LogP contribution in [0.5, 0.6) is 5.75 Å². The third-order valence-electron chi connectivity index (χ3n) is 6.31. The summed E-state index contributed by atoms with van der Waals surface area (Å²) in [5, 5.41) is 0. The van der Waals surface area contributed by atoms with Crippen molar-refractivity contribution in [3.05, 3.63) is 60.2 Å². The van der Waals surface area contributed by atoms with Crippen LogP contribution >= 0.6 is 0 Å². The number of nitrogens with zero attached hydrogens (tertiary/aromatic N) is 2. The molecule has 2 aromatic rings. The maximum Gasteiger partial charge on any atom is 0.143 e. The molecule has 2 heterocycles. The zero-order valence-corrected chi connectivity index (χ0v) is 15.4. The molecule has 136 valence electrons. The summed E-state index contributed by atoms with van der Waals surface area (Å²) in [6.07, 6.45) is 6.09. The summed E-state index contributed by atoms with van der Waals surface area (Å²) in [6, 6.07) is 20.3. The lowest BCUT2D eigenvalue weighted by molar-refractivity contribution is -0.00226. The number of fused-ring (bicyclic) bond motifs is 1. The number of hydrogen-bond acceptors (Lipinski definition) is 3. The Bertz CT molecular complexity index is 748. The molecule has 0 unspecified atom stereocenters. The number of likely N-dealkylation sites (tertiary alicyclic amines) is 1. The molecule has 1 aliphatic carbocycles. The summed E-state index contributed by atoms with van der Waals surface area (Å²) >= 11 is 0. The van der Waals surface area contributed by atoms with Crippen molar-refractivity contribution in [3.63, 3.8) is 0 Å². The number of anilines is 1. The molecule has 1 saturated carbocycles. The molecule has 26 heavy (non-hydrogen) atoms. The van der Waals surface area contributed by atoms with E-state index in [0.717, 1.165) is 57.2 Å². The zero-order valence-electron chi connectivity index (χ0n) is 15.4. The highest BCUT2D eigenvalue weighted by Gasteiger charge is 2.42. The monoisotopic (exact) mass is 348 g/mol. The molecule has 2 aliphatic heterocycles. The van der Waals surface area contributed by atoms with Crippen LogP contribution in [0.1, 0.15) is 37.7 Å². The molecule has 0 atom stereocenters. The van der Waals surface area contributed by atoms with Crippen LogP contribution in [0, 0.1) is 0 Å². The van der Waals surface area contributed by atoms with Gasteiger partial charge in [0.25, 0.3) is 0 Å². The molecule has 2 aromatic carbocycles. The van der Waals surface area contributed by atoms with Crippen LogP contribution in [-0.4, -0.2) is 36.2 Å². The van der Waals surface area contributed by atoms with E-state index >= 15 is 0 Å². The van der Waals surface area contributed by atoms with Gasteiger partial charge in [0.2, 0.25) is 0 Å². The van der Waals surface area contributed by atoms with Crippen LogP contribution < -0.4 is 9.64 Å². The number of piperidine rings is 1. The van der Waals surface area contributed by atoms with E-state index in [2.05, 4.69) is 64.4 Å². The van der Waals surface area contributed by atoms with Crippen molar-refractivity contribution in [2.45, 2.75) is 50.3 Å². The van der Waals surface area contributed by atoms with Crippen molar-refractivity contribution < 1.29 is 4.74 Å². The second kappa shape index (κ2) is 6.62. The van der Waals surface area contributed by atoms with Crippen molar-refractivity contribution in [1.82, 2.24) is 4.90 Å². The van der Waals surface area contributed by atoms with Crippen LogP contribution in [0.25, 0.3) is 0 Å². The normalized spacial score (nSPS) is 22.5. The molecule has 0 amide bonds. The summed E-state index contributed by atoms with van der Waals surface area (Å²) in [7, 11) is 0. The highest BCUT2D eigenvalue weighted by atomic mass is 16.5. The maximum atomic E-state index is 6.72. The van der Waals surface area contributed by atoms with Crippen LogP contribution in [0.15, 0.2) is 54.6 Å². The molecule has 3 aliphatic rings. The van der Waals surface area contributed by atoms with Crippen molar-refractivity contribution in [3.8, 4) is 5.75 Å². The molecule has 1 spiro atoms. The number of benzene rings is 2. The highest BCUT2D eigenvalue weighted by molar-refractivity contribution is 5.60. The molecule has 0 aromatic heterocycles. The summed E-state index contributed by atoms with van der Waals surface area (Å²) < 4.78 is 6.72. The Kier molecular flexibility index (Phi) is 4.12. The molecule has 3 heteroatoms. The van der Waals surface area contributed by atoms with Gasteiger partial charge in [0, 0.05) is 38.6 Å². The fourth-order valence-electron chi connectivity index (χ4n) is 4.59. The maximum absolute atomic E-state index is 6.72. The number of ether oxygens (including phenoxy) is 1. The van der Waals surface area contributed by atoms with E-state index in [1.807, 2.05) is 0 Å². The smallest absolute Gasteiger partial charge is 0.143 e. The average Bonchev–Trinajstić information content (AvgIpc) is 3.51. The van der Waals surface area contributed by atoms with Gasteiger partial charge in [-0.2, -0.15) is 0 Å². The SMILES string of the molecule is c1ccc(CN2CCC3(CC2)CCN(C2CC2)c2ccccc2O3)cc1. The van der Waals surface area contributed by atoms with Gasteiger partial charge in [-0.3, -0.25) is 4.90 Å². The zero-order chi connectivity index (χ0) is 17.4. The predicted octanol–water partition coefficient (Wildman–Crippen LogP) is 4.47. The van der Waals surface area contributed by atoms with Gasteiger partial charge in [0.05, 0.1) is 5.69 Å². The first-order valence-electron chi connectivity index (χ1n) is 10.1. The Hall–Kier alpha value is -2.00. The van der Waals surface area contributed by atoms with E-state index in [1.165, 1.54) is 24.1 Å². The van der Waals surface area contributed by atoms with Gasteiger partial charge < -0.3 is 9.64 Å². The minimum absolute atomic E-state index is 0.0208. The van der Waals surface area contributed by atoms with E-state index in [4.69, 9.17) is 4.74 Å². The fourth-order valence-corrected chi connectivity index (χ4v) is 4.59. The summed E-state index contributed by atoms with van der Waals surface area (Å²) in [6.45, 7) is 4.45. The molecule has 3 nitrogen and oxygen atoms in total. The quantitative estimate of drug-likeness (QED) is 0.814. The first-order valence-corrected chi connectivity index (χ1v) is 10.1. The van der Waals surface area contributed by atoms with Crippen LogP contribution in [0.2, 0.25) is 0 Å².